The van der Waals surface area contributed by atoms with Crippen LogP contribution in [0.25, 0.3) is 0 Å². The van der Waals surface area contributed by atoms with Gasteiger partial charge < -0.3 is 10.0 Å². The summed E-state index contributed by atoms with van der Waals surface area (Å²) in [7, 11) is 0. The third-order valence-electron chi connectivity index (χ3n) is 2.16. The Hall–Kier alpha value is -0.650. The zero-order chi connectivity index (χ0) is 11.0. The van der Waals surface area contributed by atoms with E-state index in [0.29, 0.717) is 18.1 Å². The summed E-state index contributed by atoms with van der Waals surface area (Å²) < 4.78 is 0.729. The van der Waals surface area contributed by atoms with Crippen LogP contribution in [0.3, 0.4) is 0 Å². The molecular formula is C9H8BrClN2O2. The van der Waals surface area contributed by atoms with Crippen LogP contribution in [0, 0.1) is 0 Å². The van der Waals surface area contributed by atoms with Crippen LogP contribution in [0.2, 0.25) is 5.02 Å². The average Bonchev–Trinajstić information content (AvgIpc) is 2.12. The van der Waals surface area contributed by atoms with Gasteiger partial charge in [0.05, 0.1) is 11.1 Å². The first kappa shape index (κ1) is 10.9. The van der Waals surface area contributed by atoms with Crippen molar-refractivity contribution < 1.29 is 9.90 Å². The van der Waals surface area contributed by atoms with Crippen LogP contribution in [-0.2, 0) is 0 Å². The van der Waals surface area contributed by atoms with Gasteiger partial charge in [-0.15, -0.1) is 0 Å². The Balaban J connectivity index is 2.19. The molecule has 0 radical (unpaired) electrons. The Bertz CT molecular complexity index is 407. The molecule has 0 aliphatic carbocycles. The van der Waals surface area contributed by atoms with E-state index in [0.717, 1.165) is 4.47 Å². The molecular weight excluding hydrogens is 283 g/mol. The number of amides is 1. The quantitative estimate of drug-likeness (QED) is 0.849. The zero-order valence-corrected chi connectivity index (χ0v) is 9.99. The van der Waals surface area contributed by atoms with Crippen LogP contribution >= 0.6 is 27.5 Å². The number of carbonyl (C=O) groups is 1. The number of aliphatic hydroxyl groups excluding tert-OH is 1. The van der Waals surface area contributed by atoms with E-state index >= 15 is 0 Å². The number of aliphatic hydroxyl groups is 1. The molecule has 0 atom stereocenters. The molecule has 1 saturated heterocycles. The number of hydrogen-bond acceptors (Lipinski definition) is 3. The van der Waals surface area contributed by atoms with Crippen molar-refractivity contribution in [3.63, 3.8) is 0 Å². The lowest BCUT2D eigenvalue weighted by Crippen LogP contribution is -2.53. The lowest BCUT2D eigenvalue weighted by Gasteiger charge is -2.35. The maximum absolute atomic E-state index is 11.8. The summed E-state index contributed by atoms with van der Waals surface area (Å²) in [4.78, 5) is 17.2. The Morgan fingerprint density at radius 1 is 1.67 bits per heavy atom. The first-order valence-electron chi connectivity index (χ1n) is 4.36. The SMILES string of the molecule is O=C(c1ncc(Br)cc1Cl)N1CC(O)C1. The monoisotopic (exact) mass is 290 g/mol. The van der Waals surface area contributed by atoms with Crippen LogP contribution in [0.1, 0.15) is 10.5 Å². The Morgan fingerprint density at radius 2 is 2.33 bits per heavy atom. The first-order chi connectivity index (χ1) is 7.08. The smallest absolute Gasteiger partial charge is 0.274 e. The lowest BCUT2D eigenvalue weighted by molar-refractivity contribution is 0.00551. The highest BCUT2D eigenvalue weighted by Gasteiger charge is 2.31. The molecule has 1 fully saturated rings. The molecule has 80 valence electrons. The zero-order valence-electron chi connectivity index (χ0n) is 7.65. The molecule has 4 nitrogen and oxygen atoms in total. The second kappa shape index (κ2) is 4.08. The third-order valence-corrected chi connectivity index (χ3v) is 2.88. The molecule has 0 spiro atoms. The van der Waals surface area contributed by atoms with E-state index in [1.54, 1.807) is 6.07 Å². The van der Waals surface area contributed by atoms with E-state index in [-0.39, 0.29) is 11.6 Å². The number of rotatable bonds is 1. The molecule has 1 N–H and O–H groups in total. The van der Waals surface area contributed by atoms with Crippen molar-refractivity contribution >= 4 is 33.4 Å². The van der Waals surface area contributed by atoms with E-state index in [4.69, 9.17) is 16.7 Å². The van der Waals surface area contributed by atoms with Gasteiger partial charge in [-0.1, -0.05) is 11.6 Å². The molecule has 6 heteroatoms. The van der Waals surface area contributed by atoms with E-state index in [1.165, 1.54) is 11.1 Å². The number of carbonyl (C=O) groups excluding carboxylic acids is 1. The Labute approximate surface area is 100.0 Å². The molecule has 1 aliphatic heterocycles. The summed E-state index contributed by atoms with van der Waals surface area (Å²) in [6, 6.07) is 1.62. The van der Waals surface area contributed by atoms with Crippen molar-refractivity contribution in [2.24, 2.45) is 0 Å². The Kier molecular flexibility index (Phi) is 2.95. The summed E-state index contributed by atoms with van der Waals surface area (Å²) >= 11 is 9.09. The molecule has 1 aliphatic rings. The van der Waals surface area contributed by atoms with Crippen LogP contribution in [0.15, 0.2) is 16.7 Å². The van der Waals surface area contributed by atoms with Gasteiger partial charge in [0, 0.05) is 23.8 Å². The van der Waals surface area contributed by atoms with Gasteiger partial charge >= 0.3 is 0 Å². The maximum Gasteiger partial charge on any atom is 0.274 e. The predicted molar refractivity (Wildman–Crippen MR) is 58.9 cm³/mol. The van der Waals surface area contributed by atoms with Crippen molar-refractivity contribution in [3.8, 4) is 0 Å². The van der Waals surface area contributed by atoms with Gasteiger partial charge in [0.25, 0.3) is 5.91 Å². The van der Waals surface area contributed by atoms with E-state index in [1.807, 2.05) is 0 Å². The number of aromatic nitrogens is 1. The second-order valence-corrected chi connectivity index (χ2v) is 4.67. The van der Waals surface area contributed by atoms with Crippen molar-refractivity contribution in [1.82, 2.24) is 9.88 Å². The van der Waals surface area contributed by atoms with Gasteiger partial charge in [-0.05, 0) is 22.0 Å². The number of likely N-dealkylation sites (tertiary alicyclic amines) is 1. The van der Waals surface area contributed by atoms with Gasteiger partial charge in [0.1, 0.15) is 5.69 Å². The summed E-state index contributed by atoms with van der Waals surface area (Å²) in [5.41, 5.74) is 0.228. The fraction of sp³-hybridized carbons (Fsp3) is 0.333. The molecule has 2 rings (SSSR count). The van der Waals surface area contributed by atoms with Crippen LogP contribution in [0.5, 0.6) is 0 Å². The Morgan fingerprint density at radius 3 is 2.87 bits per heavy atom. The lowest BCUT2D eigenvalue weighted by atomic mass is 10.1. The van der Waals surface area contributed by atoms with Crippen molar-refractivity contribution in [2.45, 2.75) is 6.10 Å². The van der Waals surface area contributed by atoms with E-state index in [9.17, 15) is 4.79 Å². The number of hydrogen-bond donors (Lipinski definition) is 1. The van der Waals surface area contributed by atoms with Gasteiger partial charge in [0.15, 0.2) is 0 Å². The molecule has 1 aromatic heterocycles. The van der Waals surface area contributed by atoms with Crippen molar-refractivity contribution in [1.29, 1.82) is 0 Å². The number of nitrogens with zero attached hydrogens (tertiary/aromatic N) is 2. The number of β-amino-alcohol motifs (C(OH)–C–C–N with tert-alkyl or cyclic N) is 1. The minimum atomic E-state index is -0.414. The summed E-state index contributed by atoms with van der Waals surface area (Å²) in [6.07, 6.45) is 1.11. The van der Waals surface area contributed by atoms with Crippen LogP contribution in [0.4, 0.5) is 0 Å². The van der Waals surface area contributed by atoms with Gasteiger partial charge in [-0.2, -0.15) is 0 Å². The molecule has 15 heavy (non-hydrogen) atoms. The maximum atomic E-state index is 11.8. The summed E-state index contributed by atoms with van der Waals surface area (Å²) in [6.45, 7) is 0.708. The third kappa shape index (κ3) is 2.14. The largest absolute Gasteiger partial charge is 0.389 e. The number of halogens is 2. The van der Waals surface area contributed by atoms with Crippen molar-refractivity contribution in [3.05, 3.63) is 27.5 Å². The minimum absolute atomic E-state index is 0.228. The van der Waals surface area contributed by atoms with Crippen LogP contribution in [-0.4, -0.2) is 40.1 Å². The summed E-state index contributed by atoms with van der Waals surface area (Å²) in [5, 5.41) is 9.39. The highest BCUT2D eigenvalue weighted by molar-refractivity contribution is 9.10. The summed E-state index contributed by atoms with van der Waals surface area (Å²) in [5.74, 6) is -0.238. The van der Waals surface area contributed by atoms with Gasteiger partial charge in [-0.3, -0.25) is 4.79 Å². The van der Waals surface area contributed by atoms with Gasteiger partial charge in [0.2, 0.25) is 0 Å². The highest BCUT2D eigenvalue weighted by Crippen LogP contribution is 2.21. The first-order valence-corrected chi connectivity index (χ1v) is 5.53. The number of pyridine rings is 1. The topological polar surface area (TPSA) is 53.4 Å². The molecule has 0 bridgehead atoms. The molecule has 0 aromatic carbocycles. The fourth-order valence-electron chi connectivity index (χ4n) is 1.34. The van der Waals surface area contributed by atoms with Crippen molar-refractivity contribution in [2.75, 3.05) is 13.1 Å². The molecule has 2 heterocycles. The average molecular weight is 292 g/mol. The standard InChI is InChI=1S/C9H8BrClN2O2/c10-5-1-7(11)8(12-2-5)9(15)13-3-6(14)4-13/h1-2,6,14H,3-4H2. The second-order valence-electron chi connectivity index (χ2n) is 3.35. The fourth-order valence-corrected chi connectivity index (χ4v) is 2.05. The molecule has 1 amide bonds. The van der Waals surface area contributed by atoms with E-state index < -0.39 is 6.10 Å². The molecule has 1 aromatic rings. The predicted octanol–water partition coefficient (Wildman–Crippen LogP) is 1.31. The molecule has 0 unspecified atom stereocenters. The van der Waals surface area contributed by atoms with Gasteiger partial charge in [-0.25, -0.2) is 4.98 Å². The highest BCUT2D eigenvalue weighted by atomic mass is 79.9. The van der Waals surface area contributed by atoms with E-state index in [2.05, 4.69) is 20.9 Å². The molecule has 0 saturated carbocycles. The normalized spacial score (nSPS) is 16.3. The van der Waals surface area contributed by atoms with Crippen LogP contribution < -0.4 is 0 Å². The minimum Gasteiger partial charge on any atom is -0.389 e.